The molecule has 2 nitrogen and oxygen atoms in total. The summed E-state index contributed by atoms with van der Waals surface area (Å²) in [4.78, 5) is 2.65. The Labute approximate surface area is 149 Å². The van der Waals surface area contributed by atoms with Gasteiger partial charge in [0, 0.05) is 0 Å². The molecule has 1 aromatic rings. The van der Waals surface area contributed by atoms with Crippen LogP contribution in [-0.2, 0) is 5.41 Å². The lowest BCUT2D eigenvalue weighted by molar-refractivity contribution is 0.266. The van der Waals surface area contributed by atoms with E-state index < -0.39 is 0 Å². The molecular formula is C22H37NO. The van der Waals surface area contributed by atoms with Gasteiger partial charge < -0.3 is 9.64 Å². The third kappa shape index (κ3) is 6.47. The van der Waals surface area contributed by atoms with E-state index in [2.05, 4.69) is 49.9 Å². The van der Waals surface area contributed by atoms with E-state index >= 15 is 0 Å². The molecule has 1 fully saturated rings. The molecular weight excluding hydrogens is 294 g/mol. The van der Waals surface area contributed by atoms with Gasteiger partial charge in [0.25, 0.3) is 0 Å². The van der Waals surface area contributed by atoms with E-state index in [9.17, 15) is 0 Å². The van der Waals surface area contributed by atoms with Crippen molar-refractivity contribution in [2.45, 2.75) is 77.6 Å². The Hall–Kier alpha value is -1.02. The number of unbranched alkanes of at least 4 members (excludes halogenated alkanes) is 2. The van der Waals surface area contributed by atoms with Gasteiger partial charge in [0.2, 0.25) is 0 Å². The Balaban J connectivity index is 1.59. The summed E-state index contributed by atoms with van der Waals surface area (Å²) in [5, 5.41) is 0. The van der Waals surface area contributed by atoms with Gasteiger partial charge in [-0.05, 0) is 81.3 Å². The number of nitrogens with zero attached hydrogens (tertiary/aromatic N) is 1. The number of hydrogen-bond acceptors (Lipinski definition) is 2. The predicted molar refractivity (Wildman–Crippen MR) is 104 cm³/mol. The van der Waals surface area contributed by atoms with Crippen molar-refractivity contribution >= 4 is 0 Å². The maximum Gasteiger partial charge on any atom is 0.119 e. The first-order valence-corrected chi connectivity index (χ1v) is 10.1. The molecule has 1 saturated heterocycles. The zero-order valence-electron chi connectivity index (χ0n) is 16.2. The quantitative estimate of drug-likeness (QED) is 0.530. The van der Waals surface area contributed by atoms with E-state index in [0.717, 1.165) is 25.2 Å². The molecule has 0 radical (unpaired) electrons. The Morgan fingerprint density at radius 3 is 2.21 bits per heavy atom. The van der Waals surface area contributed by atoms with Gasteiger partial charge >= 0.3 is 0 Å². The normalized spacial score (nSPS) is 16.8. The van der Waals surface area contributed by atoms with Crippen LogP contribution in [0.5, 0.6) is 5.75 Å². The second-order valence-corrected chi connectivity index (χ2v) is 7.93. The lowest BCUT2D eigenvalue weighted by Crippen LogP contribution is -2.25. The third-order valence-corrected chi connectivity index (χ3v) is 5.61. The average Bonchev–Trinajstić information content (AvgIpc) is 2.87. The molecule has 0 saturated carbocycles. The average molecular weight is 332 g/mol. The smallest absolute Gasteiger partial charge is 0.119 e. The molecule has 1 aromatic carbocycles. The Morgan fingerprint density at radius 1 is 0.917 bits per heavy atom. The maximum atomic E-state index is 5.91. The largest absolute Gasteiger partial charge is 0.494 e. The van der Waals surface area contributed by atoms with Gasteiger partial charge in [-0.3, -0.25) is 0 Å². The Bertz CT molecular complexity index is 444. The molecule has 2 rings (SSSR count). The minimum Gasteiger partial charge on any atom is -0.494 e. The summed E-state index contributed by atoms with van der Waals surface area (Å²) in [5.74, 6) is 1.01. The van der Waals surface area contributed by atoms with Crippen LogP contribution >= 0.6 is 0 Å². The summed E-state index contributed by atoms with van der Waals surface area (Å²) in [5.41, 5.74) is 1.65. The van der Waals surface area contributed by atoms with Gasteiger partial charge in [-0.2, -0.15) is 0 Å². The fourth-order valence-electron chi connectivity index (χ4n) is 3.37. The number of benzene rings is 1. The first-order valence-electron chi connectivity index (χ1n) is 10.1. The molecule has 0 spiro atoms. The highest BCUT2D eigenvalue weighted by Crippen LogP contribution is 2.28. The molecule has 1 heterocycles. The summed E-state index contributed by atoms with van der Waals surface area (Å²) in [7, 11) is 0. The number of ether oxygens (including phenoxy) is 1. The van der Waals surface area contributed by atoms with E-state index in [-0.39, 0.29) is 5.41 Å². The number of rotatable bonds is 9. The van der Waals surface area contributed by atoms with Gasteiger partial charge in [-0.1, -0.05) is 45.7 Å². The highest BCUT2D eigenvalue weighted by molar-refractivity contribution is 5.31. The highest BCUT2D eigenvalue weighted by atomic mass is 16.5. The predicted octanol–water partition coefficient (Wildman–Crippen LogP) is 5.80. The van der Waals surface area contributed by atoms with Crippen molar-refractivity contribution in [3.8, 4) is 5.75 Å². The van der Waals surface area contributed by atoms with Crippen LogP contribution in [-0.4, -0.2) is 31.1 Å². The zero-order chi connectivity index (χ0) is 17.3. The summed E-state index contributed by atoms with van der Waals surface area (Å²) in [6.07, 6.45) is 10.6. The van der Waals surface area contributed by atoms with E-state index in [0.29, 0.717) is 0 Å². The number of likely N-dealkylation sites (tertiary alicyclic amines) is 1. The first kappa shape index (κ1) is 19.3. The van der Waals surface area contributed by atoms with Crippen LogP contribution in [0.25, 0.3) is 0 Å². The van der Waals surface area contributed by atoms with Crippen molar-refractivity contribution in [2.24, 2.45) is 0 Å². The minimum absolute atomic E-state index is 0.256. The summed E-state index contributed by atoms with van der Waals surface area (Å²) in [6, 6.07) is 8.70. The van der Waals surface area contributed by atoms with Crippen molar-refractivity contribution in [3.63, 3.8) is 0 Å². The molecule has 2 heteroatoms. The summed E-state index contributed by atoms with van der Waals surface area (Å²) >= 11 is 0. The van der Waals surface area contributed by atoms with Crippen LogP contribution in [0.1, 0.15) is 77.7 Å². The summed E-state index contributed by atoms with van der Waals surface area (Å²) in [6.45, 7) is 11.6. The second-order valence-electron chi connectivity index (χ2n) is 7.93. The van der Waals surface area contributed by atoms with E-state index in [4.69, 9.17) is 4.74 Å². The lowest BCUT2D eigenvalue weighted by Gasteiger charge is -2.23. The fourth-order valence-corrected chi connectivity index (χ4v) is 3.37. The van der Waals surface area contributed by atoms with Crippen LogP contribution < -0.4 is 4.74 Å². The van der Waals surface area contributed by atoms with Crippen LogP contribution in [0.2, 0.25) is 0 Å². The SMILES string of the molecule is CCC(C)(C)c1ccc(OCCCCCN2CCCCCC2)cc1. The molecule has 0 unspecified atom stereocenters. The molecule has 0 amide bonds. The minimum atomic E-state index is 0.256. The Kier molecular flexibility index (Phi) is 8.11. The lowest BCUT2D eigenvalue weighted by atomic mass is 9.82. The van der Waals surface area contributed by atoms with Gasteiger partial charge in [-0.15, -0.1) is 0 Å². The van der Waals surface area contributed by atoms with Crippen LogP contribution in [0.4, 0.5) is 0 Å². The van der Waals surface area contributed by atoms with E-state index in [1.54, 1.807) is 0 Å². The molecule has 24 heavy (non-hydrogen) atoms. The maximum absolute atomic E-state index is 5.91. The van der Waals surface area contributed by atoms with Crippen LogP contribution in [0, 0.1) is 0 Å². The first-order chi connectivity index (χ1) is 11.6. The van der Waals surface area contributed by atoms with Crippen molar-refractivity contribution < 1.29 is 4.74 Å². The van der Waals surface area contributed by atoms with E-state index in [1.165, 1.54) is 63.7 Å². The van der Waals surface area contributed by atoms with Crippen molar-refractivity contribution in [1.82, 2.24) is 4.90 Å². The van der Waals surface area contributed by atoms with Crippen molar-refractivity contribution in [3.05, 3.63) is 29.8 Å². The summed E-state index contributed by atoms with van der Waals surface area (Å²) < 4.78 is 5.91. The van der Waals surface area contributed by atoms with Gasteiger partial charge in [0.1, 0.15) is 5.75 Å². The standard InChI is InChI=1S/C22H37NO/c1-4-22(2,3)20-12-14-21(15-13-20)24-19-11-7-10-18-23-16-8-5-6-9-17-23/h12-15H,4-11,16-19H2,1-3H3. The molecule has 0 atom stereocenters. The van der Waals surface area contributed by atoms with Crippen LogP contribution in [0.15, 0.2) is 24.3 Å². The van der Waals surface area contributed by atoms with Gasteiger partial charge in [0.05, 0.1) is 6.61 Å². The van der Waals surface area contributed by atoms with Gasteiger partial charge in [0.15, 0.2) is 0 Å². The molecule has 1 aliphatic heterocycles. The third-order valence-electron chi connectivity index (χ3n) is 5.61. The topological polar surface area (TPSA) is 12.5 Å². The van der Waals surface area contributed by atoms with Crippen LogP contribution in [0.3, 0.4) is 0 Å². The molecule has 136 valence electrons. The van der Waals surface area contributed by atoms with Crippen molar-refractivity contribution in [1.29, 1.82) is 0 Å². The van der Waals surface area contributed by atoms with Crippen molar-refractivity contribution in [2.75, 3.05) is 26.2 Å². The van der Waals surface area contributed by atoms with E-state index in [1.807, 2.05) is 0 Å². The molecule has 0 aliphatic carbocycles. The highest BCUT2D eigenvalue weighted by Gasteiger charge is 2.17. The Morgan fingerprint density at radius 2 is 1.58 bits per heavy atom. The molecule has 0 aromatic heterocycles. The molecule has 1 aliphatic rings. The molecule has 0 N–H and O–H groups in total. The fraction of sp³-hybridized carbons (Fsp3) is 0.727. The number of hydrogen-bond donors (Lipinski definition) is 0. The monoisotopic (exact) mass is 331 g/mol. The second kappa shape index (κ2) is 10.1. The zero-order valence-corrected chi connectivity index (χ0v) is 16.2. The molecule has 0 bridgehead atoms. The van der Waals surface area contributed by atoms with Gasteiger partial charge in [-0.25, -0.2) is 0 Å².